The molecule has 5 nitrogen and oxygen atoms in total. The number of sulfonamides is 1. The monoisotopic (exact) mass is 248 g/mol. The minimum atomic E-state index is -3.90. The van der Waals surface area contributed by atoms with E-state index in [-0.39, 0.29) is 25.3 Å². The van der Waals surface area contributed by atoms with Crippen LogP contribution in [0.1, 0.15) is 6.42 Å². The summed E-state index contributed by atoms with van der Waals surface area (Å²) in [5.41, 5.74) is 5.55. The molecule has 0 aliphatic heterocycles. The summed E-state index contributed by atoms with van der Waals surface area (Å²) in [5.74, 6) is -0.856. The maximum Gasteiger partial charge on any atom is 0.243 e. The number of nitrogens with two attached hydrogens (primary N) is 1. The lowest BCUT2D eigenvalue weighted by Gasteiger charge is -2.07. The van der Waals surface area contributed by atoms with Crippen molar-refractivity contribution in [2.24, 2.45) is 0 Å². The first-order chi connectivity index (χ1) is 7.47. The molecule has 0 aliphatic rings. The van der Waals surface area contributed by atoms with E-state index in [0.29, 0.717) is 0 Å². The maximum absolute atomic E-state index is 13.3. The number of benzene rings is 1. The standard InChI is InChI=1S/C9H13FN2O3S/c10-8-3-2-7(11)6-9(8)16(14,15)12-4-1-5-13/h2-3,6,12-13H,1,4-5,11H2. The fourth-order valence-corrected chi connectivity index (χ4v) is 2.27. The number of rotatable bonds is 5. The summed E-state index contributed by atoms with van der Waals surface area (Å²) in [5, 5.41) is 8.50. The molecule has 0 radical (unpaired) electrons. The van der Waals surface area contributed by atoms with Crippen LogP contribution in [0.25, 0.3) is 0 Å². The molecule has 0 fully saturated rings. The van der Waals surface area contributed by atoms with Crippen LogP contribution in [-0.4, -0.2) is 26.7 Å². The van der Waals surface area contributed by atoms with Crippen molar-refractivity contribution in [2.75, 3.05) is 18.9 Å². The average molecular weight is 248 g/mol. The zero-order valence-electron chi connectivity index (χ0n) is 8.48. The molecule has 0 saturated carbocycles. The van der Waals surface area contributed by atoms with E-state index < -0.39 is 20.7 Å². The molecule has 90 valence electrons. The van der Waals surface area contributed by atoms with E-state index in [0.717, 1.165) is 12.1 Å². The molecular weight excluding hydrogens is 235 g/mol. The second kappa shape index (κ2) is 5.24. The second-order valence-electron chi connectivity index (χ2n) is 3.16. The van der Waals surface area contributed by atoms with Crippen molar-refractivity contribution < 1.29 is 17.9 Å². The lowest BCUT2D eigenvalue weighted by molar-refractivity contribution is 0.289. The Morgan fingerprint density at radius 2 is 2.12 bits per heavy atom. The Bertz CT molecular complexity index is 462. The van der Waals surface area contributed by atoms with Crippen molar-refractivity contribution in [2.45, 2.75) is 11.3 Å². The van der Waals surface area contributed by atoms with E-state index in [2.05, 4.69) is 4.72 Å². The molecule has 0 bridgehead atoms. The number of anilines is 1. The summed E-state index contributed by atoms with van der Waals surface area (Å²) in [6.45, 7) is -0.0883. The third-order valence-electron chi connectivity index (χ3n) is 1.87. The van der Waals surface area contributed by atoms with E-state index in [1.54, 1.807) is 0 Å². The highest BCUT2D eigenvalue weighted by atomic mass is 32.2. The fraction of sp³-hybridized carbons (Fsp3) is 0.333. The van der Waals surface area contributed by atoms with Crippen LogP contribution in [0.4, 0.5) is 10.1 Å². The number of hydrogen-bond acceptors (Lipinski definition) is 4. The molecule has 0 aliphatic carbocycles. The fourth-order valence-electron chi connectivity index (χ4n) is 1.09. The molecule has 1 aromatic carbocycles. The van der Waals surface area contributed by atoms with Gasteiger partial charge in [0.2, 0.25) is 10.0 Å². The molecular formula is C9H13FN2O3S. The molecule has 0 atom stereocenters. The molecule has 4 N–H and O–H groups in total. The number of aliphatic hydroxyl groups is 1. The molecule has 0 saturated heterocycles. The summed E-state index contributed by atoms with van der Waals surface area (Å²) < 4.78 is 38.6. The van der Waals surface area contributed by atoms with Gasteiger partial charge in [0.25, 0.3) is 0 Å². The highest BCUT2D eigenvalue weighted by Gasteiger charge is 2.18. The van der Waals surface area contributed by atoms with Gasteiger partial charge in [0.05, 0.1) is 0 Å². The van der Waals surface area contributed by atoms with E-state index in [1.807, 2.05) is 0 Å². The number of aliphatic hydroxyl groups excluding tert-OH is 1. The SMILES string of the molecule is Nc1ccc(F)c(S(=O)(=O)NCCCO)c1. The van der Waals surface area contributed by atoms with Gasteiger partial charge in [0.1, 0.15) is 10.7 Å². The molecule has 7 heteroatoms. The Balaban J connectivity index is 2.93. The quantitative estimate of drug-likeness (QED) is 0.508. The van der Waals surface area contributed by atoms with Gasteiger partial charge in [-0.05, 0) is 24.6 Å². The molecule has 16 heavy (non-hydrogen) atoms. The van der Waals surface area contributed by atoms with Crippen molar-refractivity contribution >= 4 is 15.7 Å². The van der Waals surface area contributed by atoms with E-state index in [9.17, 15) is 12.8 Å². The van der Waals surface area contributed by atoms with Crippen LogP contribution in [0.15, 0.2) is 23.1 Å². The molecule has 0 aromatic heterocycles. The van der Waals surface area contributed by atoms with Gasteiger partial charge in [-0.25, -0.2) is 17.5 Å². The zero-order valence-corrected chi connectivity index (χ0v) is 9.30. The Morgan fingerprint density at radius 3 is 2.75 bits per heavy atom. The van der Waals surface area contributed by atoms with Crippen molar-refractivity contribution in [1.29, 1.82) is 0 Å². The smallest absolute Gasteiger partial charge is 0.243 e. The van der Waals surface area contributed by atoms with Gasteiger partial charge in [-0.3, -0.25) is 0 Å². The first-order valence-corrected chi connectivity index (χ1v) is 6.11. The van der Waals surface area contributed by atoms with Crippen molar-refractivity contribution in [3.05, 3.63) is 24.0 Å². The molecule has 1 aromatic rings. The van der Waals surface area contributed by atoms with Gasteiger partial charge >= 0.3 is 0 Å². The van der Waals surface area contributed by atoms with Gasteiger partial charge in [-0.2, -0.15) is 0 Å². The third-order valence-corrected chi connectivity index (χ3v) is 3.35. The topological polar surface area (TPSA) is 92.4 Å². The lowest BCUT2D eigenvalue weighted by Crippen LogP contribution is -2.26. The van der Waals surface area contributed by atoms with Crippen molar-refractivity contribution in [3.63, 3.8) is 0 Å². The summed E-state index contributed by atoms with van der Waals surface area (Å²) in [6.07, 6.45) is 0.267. The minimum Gasteiger partial charge on any atom is -0.399 e. The highest BCUT2D eigenvalue weighted by molar-refractivity contribution is 7.89. The first-order valence-electron chi connectivity index (χ1n) is 4.63. The average Bonchev–Trinajstić information content (AvgIpc) is 2.22. The molecule has 0 amide bonds. The van der Waals surface area contributed by atoms with E-state index >= 15 is 0 Å². The van der Waals surface area contributed by atoms with Crippen LogP contribution in [0.5, 0.6) is 0 Å². The van der Waals surface area contributed by atoms with Crippen LogP contribution in [-0.2, 0) is 10.0 Å². The van der Waals surface area contributed by atoms with Gasteiger partial charge < -0.3 is 10.8 Å². The van der Waals surface area contributed by atoms with Gasteiger partial charge in [-0.1, -0.05) is 0 Å². The lowest BCUT2D eigenvalue weighted by atomic mass is 10.3. The van der Waals surface area contributed by atoms with Crippen molar-refractivity contribution in [3.8, 4) is 0 Å². The van der Waals surface area contributed by atoms with Crippen LogP contribution < -0.4 is 10.5 Å². The molecule has 0 unspecified atom stereocenters. The Morgan fingerprint density at radius 1 is 1.44 bits per heavy atom. The highest BCUT2D eigenvalue weighted by Crippen LogP contribution is 2.17. The largest absolute Gasteiger partial charge is 0.399 e. The van der Waals surface area contributed by atoms with E-state index in [4.69, 9.17) is 10.8 Å². The minimum absolute atomic E-state index is 0.0487. The van der Waals surface area contributed by atoms with Crippen LogP contribution >= 0.6 is 0 Å². The summed E-state index contributed by atoms with van der Waals surface area (Å²) in [4.78, 5) is -0.481. The third kappa shape index (κ3) is 3.16. The predicted molar refractivity (Wildman–Crippen MR) is 57.7 cm³/mol. The van der Waals surface area contributed by atoms with Crippen molar-refractivity contribution in [1.82, 2.24) is 4.72 Å². The number of hydrogen-bond donors (Lipinski definition) is 3. The first kappa shape index (κ1) is 12.9. The van der Waals surface area contributed by atoms with Gasteiger partial charge in [0.15, 0.2) is 0 Å². The molecule has 0 spiro atoms. The molecule has 1 rings (SSSR count). The van der Waals surface area contributed by atoms with Gasteiger partial charge in [0, 0.05) is 18.8 Å². The Labute approximate surface area is 93.1 Å². The summed E-state index contributed by atoms with van der Waals surface area (Å²) >= 11 is 0. The second-order valence-corrected chi connectivity index (χ2v) is 4.90. The molecule has 0 heterocycles. The number of nitrogen functional groups attached to an aromatic ring is 1. The zero-order chi connectivity index (χ0) is 12.2. The Hall–Kier alpha value is -1.18. The number of halogens is 1. The summed E-state index contributed by atoms with van der Waals surface area (Å²) in [6, 6.07) is 3.33. The Kier molecular flexibility index (Phi) is 4.22. The number of nitrogens with one attached hydrogen (secondary N) is 1. The van der Waals surface area contributed by atoms with Crippen LogP contribution in [0.2, 0.25) is 0 Å². The summed E-state index contributed by atoms with van der Waals surface area (Å²) in [7, 11) is -3.90. The van der Waals surface area contributed by atoms with E-state index in [1.165, 1.54) is 6.07 Å². The maximum atomic E-state index is 13.3. The van der Waals surface area contributed by atoms with Crippen LogP contribution in [0.3, 0.4) is 0 Å². The van der Waals surface area contributed by atoms with Gasteiger partial charge in [-0.15, -0.1) is 0 Å². The normalized spacial score (nSPS) is 11.6. The predicted octanol–water partition coefficient (Wildman–Crippen LogP) is 0.0686. The van der Waals surface area contributed by atoms with Crippen LogP contribution in [0, 0.1) is 5.82 Å².